The molecule has 3 rings (SSSR count). The average Bonchev–Trinajstić information content (AvgIpc) is 2.96. The zero-order valence-corrected chi connectivity index (χ0v) is 13.3. The van der Waals surface area contributed by atoms with Crippen LogP contribution in [0, 0.1) is 5.92 Å². The second-order valence-corrected chi connectivity index (χ2v) is 5.88. The molecule has 2 aliphatic heterocycles. The number of unbranched alkanes of at least 4 members (excludes halogenated alkanes) is 1. The maximum atomic E-state index is 12.3. The molecule has 2 amide bonds. The van der Waals surface area contributed by atoms with Gasteiger partial charge in [0, 0.05) is 31.3 Å². The van der Waals surface area contributed by atoms with Crippen LogP contribution in [0.2, 0.25) is 0 Å². The number of anilines is 1. The van der Waals surface area contributed by atoms with Crippen molar-refractivity contribution in [3.05, 3.63) is 18.2 Å². The van der Waals surface area contributed by atoms with Gasteiger partial charge >= 0.3 is 0 Å². The SMILES string of the molecule is CCCCNC(=O)[C@H]1CC(=O)N(c2ccc3c(c2)OCCO3)C1. The van der Waals surface area contributed by atoms with Crippen molar-refractivity contribution in [1.82, 2.24) is 5.32 Å². The second kappa shape index (κ2) is 6.89. The molecule has 0 spiro atoms. The Balaban J connectivity index is 1.67. The zero-order chi connectivity index (χ0) is 16.2. The lowest BCUT2D eigenvalue weighted by Crippen LogP contribution is -2.33. The number of amides is 2. The van der Waals surface area contributed by atoms with E-state index in [1.54, 1.807) is 4.90 Å². The molecule has 0 unspecified atom stereocenters. The van der Waals surface area contributed by atoms with Crippen molar-refractivity contribution in [3.63, 3.8) is 0 Å². The molecule has 0 saturated carbocycles. The molecule has 0 aromatic heterocycles. The quantitative estimate of drug-likeness (QED) is 0.840. The molecule has 2 heterocycles. The third-order valence-corrected chi connectivity index (χ3v) is 4.16. The molecule has 1 aromatic rings. The third kappa shape index (κ3) is 3.41. The second-order valence-electron chi connectivity index (χ2n) is 5.88. The van der Waals surface area contributed by atoms with E-state index in [1.807, 2.05) is 18.2 Å². The summed E-state index contributed by atoms with van der Waals surface area (Å²) in [6.07, 6.45) is 2.25. The Morgan fingerprint density at radius 1 is 1.30 bits per heavy atom. The van der Waals surface area contributed by atoms with E-state index in [-0.39, 0.29) is 24.2 Å². The number of benzene rings is 1. The van der Waals surface area contributed by atoms with Gasteiger partial charge in [-0.15, -0.1) is 0 Å². The number of carbonyl (C=O) groups is 2. The summed E-state index contributed by atoms with van der Waals surface area (Å²) in [5.74, 6) is 0.995. The number of ether oxygens (including phenoxy) is 2. The van der Waals surface area contributed by atoms with Gasteiger partial charge < -0.3 is 19.7 Å². The minimum atomic E-state index is -0.285. The zero-order valence-electron chi connectivity index (χ0n) is 13.3. The Bertz CT molecular complexity index is 602. The summed E-state index contributed by atoms with van der Waals surface area (Å²) in [6.45, 7) is 4.21. The molecule has 6 heteroatoms. The minimum Gasteiger partial charge on any atom is -0.486 e. The topological polar surface area (TPSA) is 67.9 Å². The van der Waals surface area contributed by atoms with E-state index in [0.29, 0.717) is 37.8 Å². The van der Waals surface area contributed by atoms with E-state index in [0.717, 1.165) is 18.5 Å². The first-order valence-electron chi connectivity index (χ1n) is 8.16. The Morgan fingerprint density at radius 3 is 2.87 bits per heavy atom. The van der Waals surface area contributed by atoms with Gasteiger partial charge in [-0.1, -0.05) is 13.3 Å². The summed E-state index contributed by atoms with van der Waals surface area (Å²) < 4.78 is 11.0. The van der Waals surface area contributed by atoms with Crippen LogP contribution < -0.4 is 19.7 Å². The molecule has 0 bridgehead atoms. The fourth-order valence-electron chi connectivity index (χ4n) is 2.87. The van der Waals surface area contributed by atoms with Crippen molar-refractivity contribution in [2.24, 2.45) is 5.92 Å². The Labute approximate surface area is 135 Å². The lowest BCUT2D eigenvalue weighted by Gasteiger charge is -2.22. The molecule has 2 aliphatic rings. The molecular formula is C17H22N2O4. The standard InChI is InChI=1S/C17H22N2O4/c1-2-3-6-18-17(21)12-9-16(20)19(11-12)13-4-5-14-15(10-13)23-8-7-22-14/h4-5,10,12H,2-3,6-9,11H2,1H3,(H,18,21)/t12-/m0/s1. The van der Waals surface area contributed by atoms with E-state index >= 15 is 0 Å². The normalized spacial score (nSPS) is 19.8. The van der Waals surface area contributed by atoms with Crippen LogP contribution in [0.15, 0.2) is 18.2 Å². The van der Waals surface area contributed by atoms with E-state index in [1.165, 1.54) is 0 Å². The molecule has 0 aliphatic carbocycles. The number of rotatable bonds is 5. The molecule has 23 heavy (non-hydrogen) atoms. The van der Waals surface area contributed by atoms with Crippen molar-refractivity contribution in [2.45, 2.75) is 26.2 Å². The first-order valence-corrected chi connectivity index (χ1v) is 8.16. The Morgan fingerprint density at radius 2 is 2.09 bits per heavy atom. The summed E-state index contributed by atoms with van der Waals surface area (Å²) in [5, 5.41) is 2.91. The molecule has 1 N–H and O–H groups in total. The lowest BCUT2D eigenvalue weighted by molar-refractivity contribution is -0.126. The number of nitrogens with zero attached hydrogens (tertiary/aromatic N) is 1. The van der Waals surface area contributed by atoms with Crippen LogP contribution in [0.4, 0.5) is 5.69 Å². The van der Waals surface area contributed by atoms with Crippen molar-refractivity contribution in [2.75, 3.05) is 31.2 Å². The van der Waals surface area contributed by atoms with E-state index in [9.17, 15) is 9.59 Å². The minimum absolute atomic E-state index is 0.0303. The third-order valence-electron chi connectivity index (χ3n) is 4.16. The Hall–Kier alpha value is -2.24. The number of carbonyl (C=O) groups excluding carboxylic acids is 2. The monoisotopic (exact) mass is 318 g/mol. The summed E-state index contributed by atoms with van der Waals surface area (Å²) in [6, 6.07) is 5.46. The molecule has 124 valence electrons. The highest BCUT2D eigenvalue weighted by atomic mass is 16.6. The maximum absolute atomic E-state index is 12.3. The molecule has 0 radical (unpaired) electrons. The highest BCUT2D eigenvalue weighted by Gasteiger charge is 2.35. The van der Waals surface area contributed by atoms with Gasteiger partial charge in [0.2, 0.25) is 11.8 Å². The summed E-state index contributed by atoms with van der Waals surface area (Å²) in [7, 11) is 0. The first-order chi connectivity index (χ1) is 11.2. The van der Waals surface area contributed by atoms with Crippen molar-refractivity contribution in [3.8, 4) is 11.5 Å². The van der Waals surface area contributed by atoms with Crippen LogP contribution >= 0.6 is 0 Å². The van der Waals surface area contributed by atoms with Crippen molar-refractivity contribution >= 4 is 17.5 Å². The van der Waals surface area contributed by atoms with Gasteiger partial charge in [-0.2, -0.15) is 0 Å². The smallest absolute Gasteiger partial charge is 0.227 e. The van der Waals surface area contributed by atoms with Crippen LogP contribution in [-0.4, -0.2) is 38.1 Å². The predicted molar refractivity (Wildman–Crippen MR) is 85.8 cm³/mol. The average molecular weight is 318 g/mol. The van der Waals surface area contributed by atoms with Crippen LogP contribution in [0.1, 0.15) is 26.2 Å². The number of hydrogen-bond donors (Lipinski definition) is 1. The molecule has 1 fully saturated rings. The van der Waals surface area contributed by atoms with Gasteiger partial charge in [-0.3, -0.25) is 9.59 Å². The van der Waals surface area contributed by atoms with Gasteiger partial charge in [0.05, 0.1) is 5.92 Å². The van der Waals surface area contributed by atoms with Crippen LogP contribution in [-0.2, 0) is 9.59 Å². The lowest BCUT2D eigenvalue weighted by atomic mass is 10.1. The summed E-state index contributed by atoms with van der Waals surface area (Å²) in [4.78, 5) is 26.1. The fraction of sp³-hybridized carbons (Fsp3) is 0.529. The van der Waals surface area contributed by atoms with Gasteiger partial charge in [-0.25, -0.2) is 0 Å². The highest BCUT2D eigenvalue weighted by molar-refractivity contribution is 6.00. The summed E-state index contributed by atoms with van der Waals surface area (Å²) >= 11 is 0. The first kappa shape index (κ1) is 15.6. The number of fused-ring (bicyclic) bond motifs is 1. The number of nitrogens with one attached hydrogen (secondary N) is 1. The molecule has 1 aromatic carbocycles. The van der Waals surface area contributed by atoms with Gasteiger partial charge in [0.15, 0.2) is 11.5 Å². The molecule has 6 nitrogen and oxygen atoms in total. The van der Waals surface area contributed by atoms with Gasteiger partial charge in [-0.05, 0) is 18.6 Å². The maximum Gasteiger partial charge on any atom is 0.227 e. The highest BCUT2D eigenvalue weighted by Crippen LogP contribution is 2.35. The van der Waals surface area contributed by atoms with Crippen LogP contribution in [0.5, 0.6) is 11.5 Å². The van der Waals surface area contributed by atoms with Crippen molar-refractivity contribution in [1.29, 1.82) is 0 Å². The van der Waals surface area contributed by atoms with E-state index in [2.05, 4.69) is 12.2 Å². The Kier molecular flexibility index (Phi) is 4.69. The van der Waals surface area contributed by atoms with Crippen LogP contribution in [0.3, 0.4) is 0 Å². The van der Waals surface area contributed by atoms with Crippen molar-refractivity contribution < 1.29 is 19.1 Å². The fourth-order valence-corrected chi connectivity index (χ4v) is 2.87. The van der Waals surface area contributed by atoms with Crippen LogP contribution in [0.25, 0.3) is 0 Å². The predicted octanol–water partition coefficient (Wildman–Crippen LogP) is 1.73. The van der Waals surface area contributed by atoms with Gasteiger partial charge in [0.1, 0.15) is 13.2 Å². The molecular weight excluding hydrogens is 296 g/mol. The van der Waals surface area contributed by atoms with Gasteiger partial charge in [0.25, 0.3) is 0 Å². The molecule has 1 saturated heterocycles. The van der Waals surface area contributed by atoms with E-state index < -0.39 is 0 Å². The number of hydrogen-bond acceptors (Lipinski definition) is 4. The summed E-state index contributed by atoms with van der Waals surface area (Å²) in [5.41, 5.74) is 0.753. The molecule has 1 atom stereocenters. The largest absolute Gasteiger partial charge is 0.486 e. The van der Waals surface area contributed by atoms with E-state index in [4.69, 9.17) is 9.47 Å².